The number of carbonyl (C=O) groups is 1. The van der Waals surface area contributed by atoms with Gasteiger partial charge in [-0.15, -0.1) is 0 Å². The summed E-state index contributed by atoms with van der Waals surface area (Å²) in [7, 11) is 0. The number of fused-ring (bicyclic) bond motifs is 2. The second-order valence-electron chi connectivity index (χ2n) is 9.31. The van der Waals surface area contributed by atoms with E-state index in [0.717, 1.165) is 47.1 Å². The summed E-state index contributed by atoms with van der Waals surface area (Å²) in [5.74, 6) is 0.680. The molecule has 1 aliphatic rings. The topological polar surface area (TPSA) is 92.7 Å². The van der Waals surface area contributed by atoms with Crippen LogP contribution in [0, 0.1) is 12.8 Å². The van der Waals surface area contributed by atoms with Gasteiger partial charge < -0.3 is 5.32 Å². The Balaban J connectivity index is 1.37. The molecule has 0 unspecified atom stereocenters. The number of amides is 1. The summed E-state index contributed by atoms with van der Waals surface area (Å²) < 4.78 is 39.6. The number of alkyl halides is 3. The predicted octanol–water partition coefficient (Wildman–Crippen LogP) is 6.66. The van der Waals surface area contributed by atoms with Crippen LogP contribution in [-0.4, -0.2) is 25.8 Å². The van der Waals surface area contributed by atoms with E-state index in [1.54, 1.807) is 12.3 Å². The van der Waals surface area contributed by atoms with Crippen LogP contribution in [-0.2, 0) is 11.0 Å². The van der Waals surface area contributed by atoms with Crippen molar-refractivity contribution in [1.29, 1.82) is 0 Å². The molecule has 2 N–H and O–H groups in total. The first-order valence-corrected chi connectivity index (χ1v) is 12.0. The van der Waals surface area contributed by atoms with E-state index in [1.807, 2.05) is 37.3 Å². The second-order valence-corrected chi connectivity index (χ2v) is 9.31. The fourth-order valence-electron chi connectivity index (χ4n) is 4.41. The molecule has 3 aromatic carbocycles. The standard InChI is InChI=1S/C28H21F3N6O/c1-15-5-9-21-24(33-14-34-25(21)35-20-4-2-3-19(12-20)28(29,30)31)23(15)17-8-10-22-18(11-17)13-32-27(36-22)37-26(38)16-6-7-16/h2-5,8-14,16H,6-7H2,1H3,(H,33,34,35)(H,32,36,37,38). The number of aromatic nitrogens is 4. The highest BCUT2D eigenvalue weighted by Gasteiger charge is 2.31. The summed E-state index contributed by atoms with van der Waals surface area (Å²) in [5.41, 5.74) is 3.58. The molecule has 0 atom stereocenters. The van der Waals surface area contributed by atoms with Gasteiger partial charge >= 0.3 is 6.18 Å². The molecule has 0 aliphatic heterocycles. The van der Waals surface area contributed by atoms with Crippen LogP contribution in [0.25, 0.3) is 32.9 Å². The summed E-state index contributed by atoms with van der Waals surface area (Å²) in [6, 6.07) is 14.5. The number of carbonyl (C=O) groups excluding carboxylic acids is 1. The first-order valence-electron chi connectivity index (χ1n) is 12.0. The molecule has 38 heavy (non-hydrogen) atoms. The smallest absolute Gasteiger partial charge is 0.340 e. The third-order valence-corrected chi connectivity index (χ3v) is 6.52. The molecule has 1 fully saturated rings. The van der Waals surface area contributed by atoms with Crippen LogP contribution < -0.4 is 10.6 Å². The highest BCUT2D eigenvalue weighted by Crippen LogP contribution is 2.36. The van der Waals surface area contributed by atoms with Gasteiger partial charge in [-0.25, -0.2) is 19.9 Å². The van der Waals surface area contributed by atoms with Gasteiger partial charge in [0.1, 0.15) is 12.1 Å². The van der Waals surface area contributed by atoms with Crippen LogP contribution in [0.4, 0.5) is 30.6 Å². The monoisotopic (exact) mass is 514 g/mol. The van der Waals surface area contributed by atoms with Crippen molar-refractivity contribution < 1.29 is 18.0 Å². The highest BCUT2D eigenvalue weighted by atomic mass is 19.4. The molecule has 7 nitrogen and oxygen atoms in total. The molecule has 1 saturated carbocycles. The molecule has 1 amide bonds. The number of rotatable bonds is 5. The first kappa shape index (κ1) is 23.8. The zero-order valence-electron chi connectivity index (χ0n) is 20.2. The minimum Gasteiger partial charge on any atom is -0.340 e. The zero-order chi connectivity index (χ0) is 26.4. The predicted molar refractivity (Wildman–Crippen MR) is 139 cm³/mol. The van der Waals surface area contributed by atoms with Crippen molar-refractivity contribution in [3.05, 3.63) is 78.2 Å². The number of hydrogen-bond donors (Lipinski definition) is 2. The molecule has 190 valence electrons. The molecule has 5 aromatic rings. The van der Waals surface area contributed by atoms with Gasteiger partial charge in [0.05, 0.1) is 16.6 Å². The number of benzene rings is 3. The number of anilines is 3. The fourth-order valence-corrected chi connectivity index (χ4v) is 4.41. The van der Waals surface area contributed by atoms with Crippen LogP contribution in [0.15, 0.2) is 67.1 Å². The Labute approximate surface area is 215 Å². The largest absolute Gasteiger partial charge is 0.416 e. The van der Waals surface area contributed by atoms with E-state index in [-0.39, 0.29) is 23.5 Å². The van der Waals surface area contributed by atoms with Gasteiger partial charge in [0.15, 0.2) is 0 Å². The maximum atomic E-state index is 13.2. The van der Waals surface area contributed by atoms with Crippen molar-refractivity contribution >= 4 is 45.2 Å². The third-order valence-electron chi connectivity index (χ3n) is 6.52. The Hall–Kier alpha value is -4.60. The van der Waals surface area contributed by atoms with Crippen molar-refractivity contribution in [2.24, 2.45) is 5.92 Å². The molecule has 0 bridgehead atoms. The second kappa shape index (κ2) is 9.05. The summed E-state index contributed by atoms with van der Waals surface area (Å²) in [4.78, 5) is 29.6. The third kappa shape index (κ3) is 4.60. The lowest BCUT2D eigenvalue weighted by atomic mass is 9.96. The molecule has 1 aliphatic carbocycles. The minimum absolute atomic E-state index is 0.0541. The Morgan fingerprint density at radius 2 is 1.84 bits per heavy atom. The van der Waals surface area contributed by atoms with Gasteiger partial charge in [-0.05, 0) is 67.3 Å². The lowest BCUT2D eigenvalue weighted by Gasteiger charge is -2.14. The van der Waals surface area contributed by atoms with Crippen molar-refractivity contribution in [1.82, 2.24) is 19.9 Å². The van der Waals surface area contributed by atoms with Crippen LogP contribution >= 0.6 is 0 Å². The van der Waals surface area contributed by atoms with Crippen molar-refractivity contribution in [2.45, 2.75) is 25.9 Å². The van der Waals surface area contributed by atoms with Gasteiger partial charge in [-0.3, -0.25) is 10.1 Å². The van der Waals surface area contributed by atoms with Crippen molar-refractivity contribution in [3.63, 3.8) is 0 Å². The lowest BCUT2D eigenvalue weighted by molar-refractivity contribution is -0.137. The van der Waals surface area contributed by atoms with E-state index < -0.39 is 11.7 Å². The summed E-state index contributed by atoms with van der Waals surface area (Å²) >= 11 is 0. The number of aryl methyl sites for hydroxylation is 1. The van der Waals surface area contributed by atoms with Gasteiger partial charge in [0, 0.05) is 34.1 Å². The summed E-state index contributed by atoms with van der Waals surface area (Å²) in [6.45, 7) is 1.97. The Morgan fingerprint density at radius 1 is 1.00 bits per heavy atom. The normalized spacial score (nSPS) is 13.6. The fraction of sp³-hybridized carbons (Fsp3) is 0.179. The molecule has 6 rings (SSSR count). The first-order chi connectivity index (χ1) is 18.3. The lowest BCUT2D eigenvalue weighted by Crippen LogP contribution is -2.15. The van der Waals surface area contributed by atoms with Crippen LogP contribution in [0.2, 0.25) is 0 Å². The van der Waals surface area contributed by atoms with Gasteiger partial charge in [0.2, 0.25) is 11.9 Å². The number of nitrogens with one attached hydrogen (secondary N) is 2. The molecular formula is C28H21F3N6O. The van der Waals surface area contributed by atoms with Crippen molar-refractivity contribution in [3.8, 4) is 11.1 Å². The van der Waals surface area contributed by atoms with Crippen molar-refractivity contribution in [2.75, 3.05) is 10.6 Å². The average Bonchev–Trinajstić information content (AvgIpc) is 3.74. The average molecular weight is 515 g/mol. The number of hydrogen-bond acceptors (Lipinski definition) is 6. The van der Waals surface area contributed by atoms with E-state index in [0.29, 0.717) is 22.2 Å². The quantitative estimate of drug-likeness (QED) is 0.273. The van der Waals surface area contributed by atoms with Gasteiger partial charge in [0.25, 0.3) is 0 Å². The Bertz CT molecular complexity index is 1720. The number of halogens is 3. The molecule has 10 heteroatoms. The van der Waals surface area contributed by atoms with Gasteiger partial charge in [-0.2, -0.15) is 13.2 Å². The molecule has 0 spiro atoms. The SMILES string of the molecule is Cc1ccc2c(Nc3cccc(C(F)(F)F)c3)ncnc2c1-c1ccc2nc(NC(=O)C3CC3)ncc2c1. The van der Waals surface area contributed by atoms with E-state index in [2.05, 4.69) is 30.6 Å². The van der Waals surface area contributed by atoms with E-state index in [1.165, 1.54) is 12.4 Å². The maximum Gasteiger partial charge on any atom is 0.416 e. The van der Waals surface area contributed by atoms with Crippen LogP contribution in [0.5, 0.6) is 0 Å². The molecule has 2 heterocycles. The number of nitrogens with zero attached hydrogens (tertiary/aromatic N) is 4. The Kier molecular flexibility index (Phi) is 5.67. The molecule has 0 radical (unpaired) electrons. The van der Waals surface area contributed by atoms with Crippen LogP contribution in [0.3, 0.4) is 0 Å². The molecule has 0 saturated heterocycles. The van der Waals surface area contributed by atoms with E-state index >= 15 is 0 Å². The van der Waals surface area contributed by atoms with E-state index in [4.69, 9.17) is 0 Å². The molecule has 2 aromatic heterocycles. The summed E-state index contributed by atoms with van der Waals surface area (Å²) in [5, 5.41) is 7.24. The maximum absolute atomic E-state index is 13.2. The van der Waals surface area contributed by atoms with Gasteiger partial charge in [-0.1, -0.05) is 18.2 Å². The minimum atomic E-state index is -4.45. The Morgan fingerprint density at radius 3 is 2.63 bits per heavy atom. The highest BCUT2D eigenvalue weighted by molar-refractivity contribution is 6.02. The zero-order valence-corrected chi connectivity index (χ0v) is 20.2. The van der Waals surface area contributed by atoms with E-state index in [9.17, 15) is 18.0 Å². The van der Waals surface area contributed by atoms with Crippen LogP contribution in [0.1, 0.15) is 24.0 Å². The summed E-state index contributed by atoms with van der Waals surface area (Å²) in [6.07, 6.45) is 0.408. The molecular weight excluding hydrogens is 493 g/mol.